The van der Waals surface area contributed by atoms with Crippen molar-refractivity contribution in [3.63, 3.8) is 0 Å². The fraction of sp³-hybridized carbons (Fsp3) is 0.444. The van der Waals surface area contributed by atoms with Gasteiger partial charge in [-0.05, 0) is 43.4 Å². The molecule has 2 aromatic rings. The molecule has 0 atom stereocenters. The summed E-state index contributed by atoms with van der Waals surface area (Å²) in [7, 11) is 0. The summed E-state index contributed by atoms with van der Waals surface area (Å²) in [6.07, 6.45) is 0. The highest BCUT2D eigenvalue weighted by Crippen LogP contribution is 2.28. The van der Waals surface area contributed by atoms with Crippen LogP contribution < -0.4 is 0 Å². The maximum Gasteiger partial charge on any atom is 0.213 e. The number of rotatable bonds is 1. The second-order valence-electron chi connectivity index (χ2n) is 3.83. The number of hydrogen-bond donors (Lipinski definition) is 0. The summed E-state index contributed by atoms with van der Waals surface area (Å²) < 4.78 is 2.81. The maximum absolute atomic E-state index is 9.02. The van der Waals surface area contributed by atoms with Crippen molar-refractivity contribution < 1.29 is 0 Å². The molecule has 0 fully saturated rings. The van der Waals surface area contributed by atoms with Crippen LogP contribution in [0.1, 0.15) is 24.5 Å². The highest BCUT2D eigenvalue weighted by Gasteiger charge is 2.26. The minimum absolute atomic E-state index is 0.539. The summed E-state index contributed by atoms with van der Waals surface area (Å²) >= 11 is 3.69. The van der Waals surface area contributed by atoms with Crippen LogP contribution in [0.15, 0.2) is 0 Å². The first-order valence-electron chi connectivity index (χ1n) is 4.39. The van der Waals surface area contributed by atoms with Crippen LogP contribution in [0, 0.1) is 22.0 Å². The lowest BCUT2D eigenvalue weighted by atomic mass is 9.97. The molecule has 4 nitrogen and oxygen atoms in total. The van der Waals surface area contributed by atoms with Crippen molar-refractivity contribution >= 4 is 38.9 Å². The van der Waals surface area contributed by atoms with Crippen LogP contribution in [-0.2, 0) is 5.41 Å². The molecule has 6 heteroatoms. The third-order valence-electron chi connectivity index (χ3n) is 2.12. The molecule has 0 aliphatic carbocycles. The fourth-order valence-corrected chi connectivity index (χ4v) is 2.74. The zero-order valence-corrected chi connectivity index (χ0v) is 11.5. The molecular formula is C9H9IN4S. The van der Waals surface area contributed by atoms with E-state index in [-0.39, 0.29) is 0 Å². The lowest BCUT2D eigenvalue weighted by Crippen LogP contribution is -2.13. The Morgan fingerprint density at radius 3 is 2.73 bits per heavy atom. The summed E-state index contributed by atoms with van der Waals surface area (Å²) in [5, 5.41) is 14.2. The molecule has 0 radical (unpaired) electrons. The number of aryl methyl sites for hydroxylation is 1. The first kappa shape index (κ1) is 10.8. The van der Waals surface area contributed by atoms with Crippen molar-refractivity contribution in [3.8, 4) is 6.07 Å². The lowest BCUT2D eigenvalue weighted by molar-refractivity contribution is 0.659. The van der Waals surface area contributed by atoms with Crippen LogP contribution in [0.25, 0.3) is 4.96 Å². The average Bonchev–Trinajstić information content (AvgIpc) is 2.69. The van der Waals surface area contributed by atoms with E-state index in [1.54, 1.807) is 4.52 Å². The van der Waals surface area contributed by atoms with Gasteiger partial charge in [0.15, 0.2) is 0 Å². The Kier molecular flexibility index (Phi) is 2.47. The Hall–Kier alpha value is -0.680. The molecule has 0 unspecified atom stereocenters. The van der Waals surface area contributed by atoms with Gasteiger partial charge in [-0.3, -0.25) is 0 Å². The van der Waals surface area contributed by atoms with Gasteiger partial charge in [0.1, 0.15) is 14.1 Å². The molecule has 0 N–H and O–H groups in total. The van der Waals surface area contributed by atoms with Crippen LogP contribution in [0.3, 0.4) is 0 Å². The third kappa shape index (κ3) is 1.63. The smallest absolute Gasteiger partial charge is 0.213 e. The number of nitriles is 1. The van der Waals surface area contributed by atoms with Gasteiger partial charge >= 0.3 is 0 Å². The quantitative estimate of drug-likeness (QED) is 0.754. The predicted molar refractivity (Wildman–Crippen MR) is 67.0 cm³/mol. The van der Waals surface area contributed by atoms with Crippen LogP contribution in [-0.4, -0.2) is 14.6 Å². The molecule has 2 aromatic heterocycles. The van der Waals surface area contributed by atoms with Gasteiger partial charge in [-0.25, -0.2) is 4.98 Å². The Balaban J connectivity index is 2.65. The molecule has 15 heavy (non-hydrogen) atoms. The van der Waals surface area contributed by atoms with E-state index in [9.17, 15) is 0 Å². The van der Waals surface area contributed by atoms with Crippen molar-refractivity contribution in [2.45, 2.75) is 26.2 Å². The van der Waals surface area contributed by atoms with Crippen molar-refractivity contribution in [1.82, 2.24) is 14.6 Å². The maximum atomic E-state index is 9.02. The van der Waals surface area contributed by atoms with Crippen LogP contribution >= 0.6 is 33.9 Å². The van der Waals surface area contributed by atoms with Gasteiger partial charge in [0, 0.05) is 0 Å². The zero-order chi connectivity index (χ0) is 11.2. The summed E-state index contributed by atoms with van der Waals surface area (Å²) in [6, 6.07) is 2.25. The minimum atomic E-state index is -0.539. The van der Waals surface area contributed by atoms with Gasteiger partial charge in [0.25, 0.3) is 0 Å². The minimum Gasteiger partial charge on any atom is -0.222 e. The molecule has 2 rings (SSSR count). The van der Waals surface area contributed by atoms with Crippen molar-refractivity contribution in [3.05, 3.63) is 14.4 Å². The highest BCUT2D eigenvalue weighted by atomic mass is 127. The number of hydrogen-bond acceptors (Lipinski definition) is 4. The fourth-order valence-electron chi connectivity index (χ4n) is 1.13. The molecule has 0 bridgehead atoms. The summed E-state index contributed by atoms with van der Waals surface area (Å²) in [4.78, 5) is 5.24. The molecule has 0 aliphatic rings. The standard InChI is InChI=1S/C9H9IN4S/c1-5-6(10)14-8(12-5)15-7(13-14)9(2,3)4-11/h1-3H3. The van der Waals surface area contributed by atoms with Crippen molar-refractivity contribution in [2.75, 3.05) is 0 Å². The molecule has 0 saturated carbocycles. The predicted octanol–water partition coefficient (Wildman–Crippen LogP) is 2.51. The topological polar surface area (TPSA) is 54.0 Å². The average molecular weight is 332 g/mol. The van der Waals surface area contributed by atoms with E-state index in [4.69, 9.17) is 5.26 Å². The van der Waals surface area contributed by atoms with Gasteiger partial charge in [-0.15, -0.1) is 0 Å². The Morgan fingerprint density at radius 1 is 1.53 bits per heavy atom. The van der Waals surface area contributed by atoms with Gasteiger partial charge in [-0.2, -0.15) is 14.9 Å². The number of aromatic nitrogens is 3. The molecule has 0 spiro atoms. The summed E-state index contributed by atoms with van der Waals surface area (Å²) in [5.74, 6) is 0. The lowest BCUT2D eigenvalue weighted by Gasteiger charge is -2.08. The van der Waals surface area contributed by atoms with E-state index in [0.717, 1.165) is 19.4 Å². The van der Waals surface area contributed by atoms with Crippen LogP contribution in [0.5, 0.6) is 0 Å². The van der Waals surface area contributed by atoms with Gasteiger partial charge in [0.05, 0.1) is 11.8 Å². The van der Waals surface area contributed by atoms with E-state index in [1.165, 1.54) is 11.3 Å². The molecule has 0 aromatic carbocycles. The van der Waals surface area contributed by atoms with Crippen molar-refractivity contribution in [1.29, 1.82) is 5.26 Å². The molecule has 0 aliphatic heterocycles. The van der Waals surface area contributed by atoms with E-state index >= 15 is 0 Å². The zero-order valence-electron chi connectivity index (χ0n) is 8.58. The SMILES string of the molecule is Cc1nc2sc(C(C)(C)C#N)nn2c1I. The Labute approximate surface area is 105 Å². The Morgan fingerprint density at radius 2 is 2.20 bits per heavy atom. The van der Waals surface area contributed by atoms with Gasteiger partial charge in [-0.1, -0.05) is 11.3 Å². The van der Waals surface area contributed by atoms with Gasteiger partial charge < -0.3 is 0 Å². The molecule has 0 amide bonds. The number of nitrogens with zero attached hydrogens (tertiary/aromatic N) is 4. The number of halogens is 1. The third-order valence-corrected chi connectivity index (χ3v) is 4.59. The second kappa shape index (κ2) is 3.42. The van der Waals surface area contributed by atoms with E-state index < -0.39 is 5.41 Å². The normalized spacial score (nSPS) is 11.9. The summed E-state index contributed by atoms with van der Waals surface area (Å²) in [6.45, 7) is 5.69. The summed E-state index contributed by atoms with van der Waals surface area (Å²) in [5.41, 5.74) is 0.443. The van der Waals surface area contributed by atoms with Crippen LogP contribution in [0.4, 0.5) is 0 Å². The first-order valence-corrected chi connectivity index (χ1v) is 6.28. The number of imidazole rings is 1. The van der Waals surface area contributed by atoms with Crippen molar-refractivity contribution in [2.24, 2.45) is 0 Å². The van der Waals surface area contributed by atoms with E-state index in [2.05, 4.69) is 38.7 Å². The second-order valence-corrected chi connectivity index (χ2v) is 5.80. The molecule has 0 saturated heterocycles. The number of fused-ring (bicyclic) bond motifs is 1. The monoisotopic (exact) mass is 332 g/mol. The highest BCUT2D eigenvalue weighted by molar-refractivity contribution is 14.1. The Bertz CT molecular complexity index is 560. The van der Waals surface area contributed by atoms with Crippen LogP contribution in [0.2, 0.25) is 0 Å². The van der Waals surface area contributed by atoms with Gasteiger partial charge in [0.2, 0.25) is 4.96 Å². The largest absolute Gasteiger partial charge is 0.222 e. The first-order chi connectivity index (χ1) is 6.95. The van der Waals surface area contributed by atoms with E-state index in [1.807, 2.05) is 20.8 Å². The molecule has 78 valence electrons. The van der Waals surface area contributed by atoms with E-state index in [0.29, 0.717) is 0 Å². The molecule has 2 heterocycles. The molecular weight excluding hydrogens is 323 g/mol.